The number of aromatic nitrogens is 2. The molecule has 0 unspecified atom stereocenters. The summed E-state index contributed by atoms with van der Waals surface area (Å²) in [5.41, 5.74) is 5.68. The van der Waals surface area contributed by atoms with Gasteiger partial charge in [-0.25, -0.2) is 9.97 Å². The molecular weight excluding hydrogens is 398 g/mol. The minimum atomic E-state index is 0.603. The second kappa shape index (κ2) is 9.87. The molecule has 31 heavy (non-hydrogen) atoms. The van der Waals surface area contributed by atoms with E-state index in [0.29, 0.717) is 5.92 Å². The van der Waals surface area contributed by atoms with Crippen LogP contribution in [0, 0.1) is 6.92 Å². The Bertz CT molecular complexity index is 928. The molecule has 2 aromatic rings. The van der Waals surface area contributed by atoms with Crippen LogP contribution in [-0.2, 0) is 13.0 Å². The average molecular weight is 434 g/mol. The van der Waals surface area contributed by atoms with Gasteiger partial charge in [0.15, 0.2) is 0 Å². The predicted octanol–water partition coefficient (Wildman–Crippen LogP) is 6.81. The quantitative estimate of drug-likeness (QED) is 0.518. The first-order valence-corrected chi connectivity index (χ1v) is 13.1. The van der Waals surface area contributed by atoms with Gasteiger partial charge in [0.2, 0.25) is 0 Å². The molecule has 0 spiro atoms. The molecule has 1 aromatic heterocycles. The number of aryl methyl sites for hydroxylation is 1. The van der Waals surface area contributed by atoms with E-state index >= 15 is 0 Å². The van der Waals surface area contributed by atoms with Crippen molar-refractivity contribution in [2.45, 2.75) is 88.5 Å². The maximum absolute atomic E-state index is 5.04. The molecule has 1 aromatic carbocycles. The molecule has 0 radical (unpaired) electrons. The SMILES string of the molecule is Cc1ccc(SC2=C(CN3CCc4nc(C5CCCCC5)ncc4C3)CCCC2)cc1. The van der Waals surface area contributed by atoms with Crippen LogP contribution in [0.5, 0.6) is 0 Å². The molecule has 0 bridgehead atoms. The Morgan fingerprint density at radius 3 is 2.61 bits per heavy atom. The van der Waals surface area contributed by atoms with E-state index in [4.69, 9.17) is 9.97 Å². The summed E-state index contributed by atoms with van der Waals surface area (Å²) in [6, 6.07) is 9.01. The number of rotatable bonds is 5. The van der Waals surface area contributed by atoms with Gasteiger partial charge < -0.3 is 0 Å². The summed E-state index contributed by atoms with van der Waals surface area (Å²) in [4.78, 5) is 15.5. The standard InChI is InChI=1S/C27H35N3S/c1-20-11-13-24(14-12-20)31-26-10-6-5-9-22(26)18-30-16-15-25-23(19-30)17-28-27(29-25)21-7-3-2-4-8-21/h11-14,17,21H,2-10,15-16,18-19H2,1H3. The summed E-state index contributed by atoms with van der Waals surface area (Å²) in [5, 5.41) is 0. The van der Waals surface area contributed by atoms with E-state index in [1.54, 1.807) is 10.5 Å². The van der Waals surface area contributed by atoms with Crippen molar-refractivity contribution in [1.82, 2.24) is 14.9 Å². The van der Waals surface area contributed by atoms with Crippen molar-refractivity contribution in [2.75, 3.05) is 13.1 Å². The lowest BCUT2D eigenvalue weighted by Gasteiger charge is -2.31. The van der Waals surface area contributed by atoms with Gasteiger partial charge in [0.1, 0.15) is 5.82 Å². The molecule has 1 saturated carbocycles. The zero-order valence-electron chi connectivity index (χ0n) is 18.9. The minimum absolute atomic E-state index is 0.603. The summed E-state index contributed by atoms with van der Waals surface area (Å²) in [6.07, 6.45) is 15.0. The monoisotopic (exact) mass is 433 g/mol. The van der Waals surface area contributed by atoms with Crippen LogP contribution in [0.4, 0.5) is 0 Å². The lowest BCUT2D eigenvalue weighted by molar-refractivity contribution is 0.267. The number of hydrogen-bond acceptors (Lipinski definition) is 4. The third-order valence-electron chi connectivity index (χ3n) is 7.21. The van der Waals surface area contributed by atoms with E-state index in [0.717, 1.165) is 31.9 Å². The molecule has 5 rings (SSSR count). The largest absolute Gasteiger partial charge is 0.295 e. The molecule has 0 N–H and O–H groups in total. The summed E-state index contributed by atoms with van der Waals surface area (Å²) in [5.74, 6) is 1.73. The van der Waals surface area contributed by atoms with Crippen LogP contribution in [-0.4, -0.2) is 28.0 Å². The van der Waals surface area contributed by atoms with E-state index in [9.17, 15) is 0 Å². The lowest BCUT2D eigenvalue weighted by atomic mass is 9.88. The smallest absolute Gasteiger partial charge is 0.131 e. The highest BCUT2D eigenvalue weighted by atomic mass is 32.2. The van der Waals surface area contributed by atoms with Crippen LogP contribution >= 0.6 is 11.8 Å². The summed E-state index contributed by atoms with van der Waals surface area (Å²) in [7, 11) is 0. The fourth-order valence-corrected chi connectivity index (χ4v) is 6.45. The average Bonchev–Trinajstić information content (AvgIpc) is 2.82. The first kappa shape index (κ1) is 21.2. The van der Waals surface area contributed by atoms with Crippen LogP contribution in [0.25, 0.3) is 0 Å². The fraction of sp³-hybridized carbons (Fsp3) is 0.556. The highest BCUT2D eigenvalue weighted by molar-refractivity contribution is 8.03. The fourth-order valence-electron chi connectivity index (χ4n) is 5.33. The number of allylic oxidation sites excluding steroid dienone is 1. The molecule has 0 amide bonds. The first-order chi connectivity index (χ1) is 15.2. The van der Waals surface area contributed by atoms with E-state index in [1.807, 2.05) is 11.8 Å². The second-order valence-corrected chi connectivity index (χ2v) is 10.8. The minimum Gasteiger partial charge on any atom is -0.295 e. The molecule has 0 saturated heterocycles. The van der Waals surface area contributed by atoms with Crippen LogP contribution in [0.3, 0.4) is 0 Å². The molecule has 1 aliphatic heterocycles. The van der Waals surface area contributed by atoms with E-state index in [1.165, 1.54) is 79.5 Å². The normalized spacial score (nSPS) is 20.7. The maximum Gasteiger partial charge on any atom is 0.131 e. The Morgan fingerprint density at radius 2 is 1.77 bits per heavy atom. The van der Waals surface area contributed by atoms with Gasteiger partial charge in [-0.2, -0.15) is 0 Å². The zero-order valence-corrected chi connectivity index (χ0v) is 19.7. The first-order valence-electron chi connectivity index (χ1n) is 12.3. The zero-order chi connectivity index (χ0) is 21.0. The third-order valence-corrected chi connectivity index (χ3v) is 8.45. The molecule has 3 aliphatic rings. The maximum atomic E-state index is 5.04. The van der Waals surface area contributed by atoms with Gasteiger partial charge in [0, 0.05) is 54.3 Å². The van der Waals surface area contributed by atoms with Crippen LogP contribution in [0.15, 0.2) is 45.8 Å². The van der Waals surface area contributed by atoms with Crippen molar-refractivity contribution < 1.29 is 0 Å². The van der Waals surface area contributed by atoms with E-state index in [2.05, 4.69) is 42.3 Å². The van der Waals surface area contributed by atoms with Crippen LogP contribution in [0.1, 0.15) is 86.4 Å². The Morgan fingerprint density at radius 1 is 0.968 bits per heavy atom. The van der Waals surface area contributed by atoms with Gasteiger partial charge in [-0.1, -0.05) is 48.7 Å². The third kappa shape index (κ3) is 5.23. The van der Waals surface area contributed by atoms with Gasteiger partial charge >= 0.3 is 0 Å². The lowest BCUT2D eigenvalue weighted by Crippen LogP contribution is -2.33. The van der Waals surface area contributed by atoms with Gasteiger partial charge in [0.05, 0.1) is 0 Å². The van der Waals surface area contributed by atoms with E-state index < -0.39 is 0 Å². The predicted molar refractivity (Wildman–Crippen MR) is 129 cm³/mol. The second-order valence-electron chi connectivity index (χ2n) is 9.64. The Hall–Kier alpha value is -1.65. The molecule has 2 aliphatic carbocycles. The molecule has 2 heterocycles. The molecule has 3 nitrogen and oxygen atoms in total. The number of fused-ring (bicyclic) bond motifs is 1. The number of thioether (sulfide) groups is 1. The topological polar surface area (TPSA) is 29.0 Å². The van der Waals surface area contributed by atoms with Gasteiger partial charge in [-0.15, -0.1) is 0 Å². The number of nitrogens with zero attached hydrogens (tertiary/aromatic N) is 3. The van der Waals surface area contributed by atoms with Gasteiger partial charge in [-0.05, 0) is 68.1 Å². The molecule has 4 heteroatoms. The number of hydrogen-bond donors (Lipinski definition) is 0. The molecule has 164 valence electrons. The summed E-state index contributed by atoms with van der Waals surface area (Å²) in [6.45, 7) is 5.40. The number of benzene rings is 1. The van der Waals surface area contributed by atoms with Crippen molar-refractivity contribution in [1.29, 1.82) is 0 Å². The van der Waals surface area contributed by atoms with Gasteiger partial charge in [-0.3, -0.25) is 4.90 Å². The van der Waals surface area contributed by atoms with Crippen molar-refractivity contribution in [3.63, 3.8) is 0 Å². The van der Waals surface area contributed by atoms with Crippen molar-refractivity contribution in [3.8, 4) is 0 Å². The molecular formula is C27H35N3S. The van der Waals surface area contributed by atoms with Crippen LogP contribution < -0.4 is 0 Å². The van der Waals surface area contributed by atoms with Crippen molar-refractivity contribution in [2.24, 2.45) is 0 Å². The van der Waals surface area contributed by atoms with Crippen molar-refractivity contribution >= 4 is 11.8 Å². The van der Waals surface area contributed by atoms with Gasteiger partial charge in [0.25, 0.3) is 0 Å². The molecule has 1 fully saturated rings. The Labute approximate surface area is 191 Å². The summed E-state index contributed by atoms with van der Waals surface area (Å²) < 4.78 is 0. The summed E-state index contributed by atoms with van der Waals surface area (Å²) >= 11 is 2.00. The highest BCUT2D eigenvalue weighted by Crippen LogP contribution is 2.38. The Kier molecular flexibility index (Phi) is 6.75. The highest BCUT2D eigenvalue weighted by Gasteiger charge is 2.24. The van der Waals surface area contributed by atoms with Crippen LogP contribution in [0.2, 0.25) is 0 Å². The molecule has 0 atom stereocenters. The Balaban J connectivity index is 1.27. The van der Waals surface area contributed by atoms with E-state index in [-0.39, 0.29) is 0 Å². The van der Waals surface area contributed by atoms with Crippen molar-refractivity contribution in [3.05, 3.63) is 63.6 Å².